The summed E-state index contributed by atoms with van der Waals surface area (Å²) in [5.41, 5.74) is 2.20. The van der Waals surface area contributed by atoms with Gasteiger partial charge in [0.1, 0.15) is 0 Å². The van der Waals surface area contributed by atoms with E-state index in [1.165, 1.54) is 0 Å². The number of H-pyrrole nitrogens is 1. The maximum absolute atomic E-state index is 11.7. The van der Waals surface area contributed by atoms with E-state index in [4.69, 9.17) is 0 Å². The lowest BCUT2D eigenvalue weighted by Crippen LogP contribution is -2.35. The molecule has 0 atom stereocenters. The predicted octanol–water partition coefficient (Wildman–Crippen LogP) is 1.14. The Kier molecular flexibility index (Phi) is 6.29. The molecule has 0 aliphatic heterocycles. The Morgan fingerprint density at radius 1 is 1.42 bits per heavy atom. The molecule has 5 heteroatoms. The van der Waals surface area contributed by atoms with Gasteiger partial charge in [0.2, 0.25) is 5.91 Å². The summed E-state index contributed by atoms with van der Waals surface area (Å²) in [5.74, 6) is -0.0224. The molecule has 1 amide bonds. The van der Waals surface area contributed by atoms with E-state index >= 15 is 0 Å². The van der Waals surface area contributed by atoms with Crippen LogP contribution in [-0.2, 0) is 11.2 Å². The van der Waals surface area contributed by atoms with Crippen LogP contribution in [0.25, 0.3) is 0 Å². The van der Waals surface area contributed by atoms with Crippen molar-refractivity contribution in [1.29, 1.82) is 0 Å². The van der Waals surface area contributed by atoms with Crippen LogP contribution in [0.15, 0.2) is 6.07 Å². The molecule has 2 N–H and O–H groups in total. The number of likely N-dealkylation sites (N-methyl/N-ethyl adjacent to an activating group) is 1. The van der Waals surface area contributed by atoms with Crippen LogP contribution in [0, 0.1) is 6.92 Å². The fourth-order valence-electron chi connectivity index (χ4n) is 1.99. The van der Waals surface area contributed by atoms with Crippen molar-refractivity contribution < 1.29 is 9.59 Å². The molecule has 106 valence electrons. The fraction of sp³-hybridized carbons (Fsp3) is 0.571. The summed E-state index contributed by atoms with van der Waals surface area (Å²) in [6.45, 7) is 9.56. The molecule has 0 aromatic carbocycles. The molecular weight excluding hydrogens is 242 g/mol. The molecule has 0 spiro atoms. The van der Waals surface area contributed by atoms with Crippen LogP contribution in [0.2, 0.25) is 0 Å². The molecule has 19 heavy (non-hydrogen) atoms. The summed E-state index contributed by atoms with van der Waals surface area (Å²) < 4.78 is 0. The van der Waals surface area contributed by atoms with Crippen molar-refractivity contribution in [3.63, 3.8) is 0 Å². The highest BCUT2D eigenvalue weighted by atomic mass is 16.1. The molecule has 1 rings (SSSR count). The number of hydrogen-bond donors (Lipinski definition) is 2. The molecule has 0 radical (unpaired) electrons. The van der Waals surface area contributed by atoms with Gasteiger partial charge < -0.3 is 15.2 Å². The number of hydrogen-bond acceptors (Lipinski definition) is 3. The van der Waals surface area contributed by atoms with Crippen molar-refractivity contribution in [3.8, 4) is 0 Å². The summed E-state index contributed by atoms with van der Waals surface area (Å²) in [6.07, 6.45) is 1.06. The lowest BCUT2D eigenvalue weighted by molar-refractivity contribution is -0.120. The average Bonchev–Trinajstić information content (AvgIpc) is 2.74. The Morgan fingerprint density at radius 2 is 2.11 bits per heavy atom. The maximum Gasteiger partial charge on any atom is 0.225 e. The van der Waals surface area contributed by atoms with Crippen molar-refractivity contribution in [2.75, 3.05) is 26.2 Å². The van der Waals surface area contributed by atoms with Crippen molar-refractivity contribution in [1.82, 2.24) is 15.2 Å². The van der Waals surface area contributed by atoms with Gasteiger partial charge in [-0.3, -0.25) is 9.59 Å². The van der Waals surface area contributed by atoms with Crippen LogP contribution in [0.4, 0.5) is 0 Å². The Balaban J connectivity index is 2.36. The van der Waals surface area contributed by atoms with E-state index in [0.29, 0.717) is 12.2 Å². The van der Waals surface area contributed by atoms with Crippen LogP contribution >= 0.6 is 0 Å². The van der Waals surface area contributed by atoms with Crippen LogP contribution in [0.1, 0.15) is 35.6 Å². The van der Waals surface area contributed by atoms with Gasteiger partial charge in [0.05, 0.1) is 12.1 Å². The van der Waals surface area contributed by atoms with E-state index in [1.54, 1.807) is 0 Å². The number of amides is 1. The monoisotopic (exact) mass is 265 g/mol. The third kappa shape index (κ3) is 4.87. The van der Waals surface area contributed by atoms with Crippen molar-refractivity contribution >= 4 is 12.2 Å². The van der Waals surface area contributed by atoms with Gasteiger partial charge >= 0.3 is 0 Å². The lowest BCUT2D eigenvalue weighted by atomic mass is 10.2. The third-order valence-electron chi connectivity index (χ3n) is 3.22. The molecule has 0 unspecified atom stereocenters. The second-order valence-electron chi connectivity index (χ2n) is 4.56. The van der Waals surface area contributed by atoms with Crippen LogP contribution in [-0.4, -0.2) is 48.3 Å². The molecule has 0 bridgehead atoms. The first kappa shape index (κ1) is 15.4. The second-order valence-corrected chi connectivity index (χ2v) is 4.56. The standard InChI is InChI=1S/C14H23N3O2/c1-4-17(5-2)7-6-15-14(19)9-12-8-11(3)13(10-18)16-12/h8,10,16H,4-7,9H2,1-3H3,(H,15,19). The number of aryl methyl sites for hydroxylation is 1. The van der Waals surface area contributed by atoms with E-state index in [-0.39, 0.29) is 12.3 Å². The quantitative estimate of drug-likeness (QED) is 0.693. The van der Waals surface area contributed by atoms with E-state index in [2.05, 4.69) is 29.0 Å². The summed E-state index contributed by atoms with van der Waals surface area (Å²) in [5, 5.41) is 2.89. The van der Waals surface area contributed by atoms with E-state index in [0.717, 1.165) is 37.2 Å². The third-order valence-corrected chi connectivity index (χ3v) is 3.22. The number of nitrogens with one attached hydrogen (secondary N) is 2. The zero-order valence-electron chi connectivity index (χ0n) is 12.0. The highest BCUT2D eigenvalue weighted by Crippen LogP contribution is 2.07. The number of rotatable bonds is 8. The fourth-order valence-corrected chi connectivity index (χ4v) is 1.99. The van der Waals surface area contributed by atoms with E-state index < -0.39 is 0 Å². The SMILES string of the molecule is CCN(CC)CCNC(=O)Cc1cc(C)c(C=O)[nH]1. The molecular formula is C14H23N3O2. The molecule has 1 aromatic rings. The first-order valence-electron chi connectivity index (χ1n) is 6.73. The smallest absolute Gasteiger partial charge is 0.225 e. The van der Waals surface area contributed by atoms with Crippen molar-refractivity contribution in [2.24, 2.45) is 0 Å². The summed E-state index contributed by atoms with van der Waals surface area (Å²) in [4.78, 5) is 27.6. The first-order chi connectivity index (χ1) is 9.10. The van der Waals surface area contributed by atoms with Gasteiger partial charge in [-0.1, -0.05) is 13.8 Å². The van der Waals surface area contributed by atoms with Crippen LogP contribution in [0.3, 0.4) is 0 Å². The van der Waals surface area contributed by atoms with E-state index in [9.17, 15) is 9.59 Å². The highest BCUT2D eigenvalue weighted by molar-refractivity contribution is 5.79. The topological polar surface area (TPSA) is 65.2 Å². The lowest BCUT2D eigenvalue weighted by Gasteiger charge is -2.17. The number of aromatic amines is 1. The van der Waals surface area contributed by atoms with Gasteiger partial charge in [0, 0.05) is 18.8 Å². The Labute approximate surface area is 114 Å². The molecule has 1 aromatic heterocycles. The number of aldehydes is 1. The minimum Gasteiger partial charge on any atom is -0.356 e. The molecule has 1 heterocycles. The summed E-state index contributed by atoms with van der Waals surface area (Å²) >= 11 is 0. The van der Waals surface area contributed by atoms with E-state index in [1.807, 2.05) is 13.0 Å². The zero-order valence-corrected chi connectivity index (χ0v) is 12.0. The van der Waals surface area contributed by atoms with Gasteiger partial charge in [-0.2, -0.15) is 0 Å². The molecule has 0 aliphatic carbocycles. The number of aromatic nitrogens is 1. The normalized spacial score (nSPS) is 10.7. The Hall–Kier alpha value is -1.62. The number of nitrogens with zero attached hydrogens (tertiary/aromatic N) is 1. The molecule has 5 nitrogen and oxygen atoms in total. The average molecular weight is 265 g/mol. The largest absolute Gasteiger partial charge is 0.356 e. The van der Waals surface area contributed by atoms with Gasteiger partial charge in [-0.25, -0.2) is 0 Å². The highest BCUT2D eigenvalue weighted by Gasteiger charge is 2.08. The summed E-state index contributed by atoms with van der Waals surface area (Å²) in [7, 11) is 0. The van der Waals surface area contributed by atoms with Gasteiger partial charge in [-0.05, 0) is 31.6 Å². The maximum atomic E-state index is 11.7. The van der Waals surface area contributed by atoms with Crippen LogP contribution < -0.4 is 5.32 Å². The van der Waals surface area contributed by atoms with Crippen molar-refractivity contribution in [2.45, 2.75) is 27.2 Å². The Morgan fingerprint density at radius 3 is 2.63 bits per heavy atom. The summed E-state index contributed by atoms with van der Waals surface area (Å²) in [6, 6.07) is 1.84. The number of carbonyl (C=O) groups excluding carboxylic acids is 2. The Bertz CT molecular complexity index is 422. The van der Waals surface area contributed by atoms with Crippen LogP contribution in [0.5, 0.6) is 0 Å². The van der Waals surface area contributed by atoms with Gasteiger partial charge in [0.15, 0.2) is 6.29 Å². The molecule has 0 saturated carbocycles. The van der Waals surface area contributed by atoms with Gasteiger partial charge in [-0.15, -0.1) is 0 Å². The second kappa shape index (κ2) is 7.74. The first-order valence-corrected chi connectivity index (χ1v) is 6.73. The van der Waals surface area contributed by atoms with Crippen molar-refractivity contribution in [3.05, 3.63) is 23.0 Å². The minimum absolute atomic E-state index is 0.0224. The molecule has 0 saturated heterocycles. The number of carbonyl (C=O) groups is 2. The molecule has 0 fully saturated rings. The minimum atomic E-state index is -0.0224. The van der Waals surface area contributed by atoms with Gasteiger partial charge in [0.25, 0.3) is 0 Å². The predicted molar refractivity (Wildman–Crippen MR) is 75.4 cm³/mol. The zero-order chi connectivity index (χ0) is 14.3. The molecule has 0 aliphatic rings.